The molecule has 0 unspecified atom stereocenters. The molecule has 0 saturated heterocycles. The summed E-state index contributed by atoms with van der Waals surface area (Å²) in [5.74, 6) is 0.890. The van der Waals surface area contributed by atoms with Gasteiger partial charge in [0.1, 0.15) is 17.9 Å². The van der Waals surface area contributed by atoms with Crippen LogP contribution in [0.5, 0.6) is 0 Å². The monoisotopic (exact) mass is 191 g/mol. The Kier molecular flexibility index (Phi) is 3.44. The molecule has 0 atom stereocenters. The number of carbonyl (C=O) groups excluding carboxylic acids is 1. The number of amides is 1. The van der Waals surface area contributed by atoms with Gasteiger partial charge in [-0.05, 0) is 19.1 Å². The molecule has 0 aliphatic carbocycles. The number of rotatable bonds is 3. The summed E-state index contributed by atoms with van der Waals surface area (Å²) in [7, 11) is 0. The molecule has 1 aromatic heterocycles. The lowest BCUT2D eigenvalue weighted by molar-refractivity contribution is -0.120. The van der Waals surface area contributed by atoms with Crippen LogP contribution >= 0.6 is 0 Å². The van der Waals surface area contributed by atoms with Crippen molar-refractivity contribution in [1.82, 2.24) is 5.43 Å². The first kappa shape index (κ1) is 9.99. The van der Waals surface area contributed by atoms with E-state index in [0.717, 1.165) is 5.76 Å². The molecule has 0 aromatic carbocycles. The molecule has 0 bridgehead atoms. The summed E-state index contributed by atoms with van der Waals surface area (Å²) < 4.78 is 5.16. The van der Waals surface area contributed by atoms with Crippen LogP contribution in [-0.2, 0) is 4.79 Å². The Morgan fingerprint density at radius 2 is 2.57 bits per heavy atom. The van der Waals surface area contributed by atoms with E-state index in [4.69, 9.17) is 9.68 Å². The Labute approximate surface area is 81.0 Å². The zero-order chi connectivity index (χ0) is 10.4. The minimum atomic E-state index is -0.438. The fourth-order valence-electron chi connectivity index (χ4n) is 0.802. The Balaban J connectivity index is 2.42. The number of hydrogen-bond donors (Lipinski definition) is 1. The van der Waals surface area contributed by atoms with Gasteiger partial charge in [-0.2, -0.15) is 10.4 Å². The normalized spacial score (nSPS) is 10.0. The summed E-state index contributed by atoms with van der Waals surface area (Å²) in [4.78, 5) is 10.8. The van der Waals surface area contributed by atoms with Gasteiger partial charge in [0.15, 0.2) is 0 Å². The highest BCUT2D eigenvalue weighted by atomic mass is 16.3. The van der Waals surface area contributed by atoms with Crippen molar-refractivity contribution in [3.05, 3.63) is 23.7 Å². The van der Waals surface area contributed by atoms with Crippen LogP contribution in [-0.4, -0.2) is 12.1 Å². The summed E-state index contributed by atoms with van der Waals surface area (Å²) in [5, 5.41) is 11.8. The van der Waals surface area contributed by atoms with Crippen LogP contribution in [0.4, 0.5) is 0 Å². The van der Waals surface area contributed by atoms with E-state index in [1.54, 1.807) is 18.2 Å². The largest absolute Gasteiger partial charge is 0.460 e. The van der Waals surface area contributed by atoms with Gasteiger partial charge in [-0.1, -0.05) is 0 Å². The van der Waals surface area contributed by atoms with Gasteiger partial charge in [-0.15, -0.1) is 0 Å². The molecule has 5 heteroatoms. The van der Waals surface area contributed by atoms with Crippen LogP contribution in [0.15, 0.2) is 21.7 Å². The van der Waals surface area contributed by atoms with Gasteiger partial charge >= 0.3 is 0 Å². The molecule has 0 fully saturated rings. The minimum Gasteiger partial charge on any atom is -0.460 e. The molecule has 1 rings (SSSR count). The second-order valence-electron chi connectivity index (χ2n) is 2.58. The maximum Gasteiger partial charge on any atom is 0.254 e. The topological polar surface area (TPSA) is 78.4 Å². The van der Waals surface area contributed by atoms with E-state index in [0.29, 0.717) is 5.76 Å². The summed E-state index contributed by atoms with van der Waals surface area (Å²) in [5.41, 5.74) is 2.19. The average molecular weight is 191 g/mol. The first-order chi connectivity index (χ1) is 6.72. The van der Waals surface area contributed by atoms with E-state index in [1.807, 2.05) is 6.92 Å². The van der Waals surface area contributed by atoms with Crippen molar-refractivity contribution in [3.63, 3.8) is 0 Å². The van der Waals surface area contributed by atoms with Crippen molar-refractivity contribution >= 4 is 12.1 Å². The Morgan fingerprint density at radius 3 is 3.14 bits per heavy atom. The molecule has 0 aliphatic rings. The quantitative estimate of drug-likeness (QED) is 0.570. The maximum absolute atomic E-state index is 10.8. The molecule has 0 spiro atoms. The summed E-state index contributed by atoms with van der Waals surface area (Å²) in [6.45, 7) is 1.81. The van der Waals surface area contributed by atoms with Gasteiger partial charge in [0, 0.05) is 0 Å². The third kappa shape index (κ3) is 3.11. The van der Waals surface area contributed by atoms with Crippen molar-refractivity contribution in [2.24, 2.45) is 5.10 Å². The highest BCUT2D eigenvalue weighted by molar-refractivity contribution is 5.81. The molecule has 1 N–H and O–H groups in total. The molecule has 1 aromatic rings. The summed E-state index contributed by atoms with van der Waals surface area (Å²) in [6.07, 6.45) is 1.18. The fourth-order valence-corrected chi connectivity index (χ4v) is 0.802. The Morgan fingerprint density at radius 1 is 1.79 bits per heavy atom. The Hall–Kier alpha value is -2.09. The Bertz CT molecular complexity index is 387. The smallest absolute Gasteiger partial charge is 0.254 e. The number of nitrogens with one attached hydrogen (secondary N) is 1. The predicted molar refractivity (Wildman–Crippen MR) is 49.4 cm³/mol. The molecule has 0 aliphatic heterocycles. The molecule has 1 amide bonds. The van der Waals surface area contributed by atoms with Gasteiger partial charge in [0.2, 0.25) is 0 Å². The standard InChI is InChI=1S/C9H9N3O2/c1-7-2-3-8(14-7)6-11-12-9(13)4-5-10/h2-3,6H,4H2,1H3,(H,12,13)/b11-6+. The van der Waals surface area contributed by atoms with Crippen LogP contribution in [0.3, 0.4) is 0 Å². The highest BCUT2D eigenvalue weighted by Gasteiger charge is 1.96. The van der Waals surface area contributed by atoms with E-state index < -0.39 is 5.91 Å². The molecular formula is C9H9N3O2. The first-order valence-electron chi connectivity index (χ1n) is 3.97. The van der Waals surface area contributed by atoms with Gasteiger partial charge in [-0.3, -0.25) is 4.79 Å². The van der Waals surface area contributed by atoms with Crippen molar-refractivity contribution in [2.75, 3.05) is 0 Å². The zero-order valence-corrected chi connectivity index (χ0v) is 7.65. The van der Waals surface area contributed by atoms with E-state index in [-0.39, 0.29) is 6.42 Å². The lowest BCUT2D eigenvalue weighted by Gasteiger charge is -1.91. The van der Waals surface area contributed by atoms with E-state index in [2.05, 4.69) is 10.5 Å². The molecular weight excluding hydrogens is 182 g/mol. The average Bonchev–Trinajstić information content (AvgIpc) is 2.52. The molecule has 14 heavy (non-hydrogen) atoms. The number of nitrogens with zero attached hydrogens (tertiary/aromatic N) is 2. The summed E-state index contributed by atoms with van der Waals surface area (Å²) >= 11 is 0. The number of nitriles is 1. The van der Waals surface area contributed by atoms with Gasteiger partial charge in [0.05, 0.1) is 12.3 Å². The molecule has 1 heterocycles. The number of carbonyl (C=O) groups is 1. The van der Waals surface area contributed by atoms with Gasteiger partial charge in [0.25, 0.3) is 5.91 Å². The zero-order valence-electron chi connectivity index (χ0n) is 7.65. The van der Waals surface area contributed by atoms with Crippen molar-refractivity contribution in [3.8, 4) is 6.07 Å². The van der Waals surface area contributed by atoms with E-state index in [1.165, 1.54) is 6.21 Å². The SMILES string of the molecule is Cc1ccc(/C=N/NC(=O)CC#N)o1. The van der Waals surface area contributed by atoms with Gasteiger partial charge < -0.3 is 4.42 Å². The number of furan rings is 1. The second-order valence-corrected chi connectivity index (χ2v) is 2.58. The third-order valence-electron chi connectivity index (χ3n) is 1.38. The minimum absolute atomic E-state index is 0.200. The third-order valence-corrected chi connectivity index (χ3v) is 1.38. The van der Waals surface area contributed by atoms with Crippen LogP contribution in [0, 0.1) is 18.3 Å². The number of hydrogen-bond acceptors (Lipinski definition) is 4. The number of hydrazone groups is 1. The van der Waals surface area contributed by atoms with Crippen LogP contribution < -0.4 is 5.43 Å². The van der Waals surface area contributed by atoms with E-state index in [9.17, 15) is 4.79 Å². The van der Waals surface area contributed by atoms with Crippen molar-refractivity contribution in [2.45, 2.75) is 13.3 Å². The fraction of sp³-hybridized carbons (Fsp3) is 0.222. The lowest BCUT2D eigenvalue weighted by Crippen LogP contribution is -2.15. The van der Waals surface area contributed by atoms with Gasteiger partial charge in [-0.25, -0.2) is 5.43 Å². The predicted octanol–water partition coefficient (Wildman–Crippen LogP) is 0.952. The molecule has 0 saturated carbocycles. The second kappa shape index (κ2) is 4.82. The van der Waals surface area contributed by atoms with Crippen LogP contribution in [0.1, 0.15) is 17.9 Å². The highest BCUT2D eigenvalue weighted by Crippen LogP contribution is 2.02. The van der Waals surface area contributed by atoms with Crippen molar-refractivity contribution < 1.29 is 9.21 Å². The lowest BCUT2D eigenvalue weighted by atomic mass is 10.4. The number of aryl methyl sites for hydroxylation is 1. The van der Waals surface area contributed by atoms with Crippen molar-refractivity contribution in [1.29, 1.82) is 5.26 Å². The summed E-state index contributed by atoms with van der Waals surface area (Å²) in [6, 6.07) is 5.23. The molecule has 0 radical (unpaired) electrons. The van der Waals surface area contributed by atoms with Crippen LogP contribution in [0.25, 0.3) is 0 Å². The molecule has 72 valence electrons. The van der Waals surface area contributed by atoms with Crippen LogP contribution in [0.2, 0.25) is 0 Å². The first-order valence-corrected chi connectivity index (χ1v) is 3.97. The maximum atomic E-state index is 10.8. The van der Waals surface area contributed by atoms with E-state index >= 15 is 0 Å². The molecule has 5 nitrogen and oxygen atoms in total.